The predicted molar refractivity (Wildman–Crippen MR) is 109 cm³/mol. The van der Waals surface area contributed by atoms with Crippen LogP contribution in [0.15, 0.2) is 30.6 Å². The Bertz CT molecular complexity index is 829. The van der Waals surface area contributed by atoms with Gasteiger partial charge in [0.2, 0.25) is 0 Å². The lowest BCUT2D eigenvalue weighted by Gasteiger charge is -2.34. The molecule has 2 aromatic rings. The Morgan fingerprint density at radius 2 is 1.70 bits per heavy atom. The summed E-state index contributed by atoms with van der Waals surface area (Å²) in [6.45, 7) is 12.3. The molecule has 0 bridgehead atoms. The largest absolute Gasteiger partial charge is 0.336 e. The van der Waals surface area contributed by atoms with Crippen LogP contribution in [-0.2, 0) is 6.67 Å². The van der Waals surface area contributed by atoms with Gasteiger partial charge in [0.05, 0.1) is 6.67 Å². The number of amides is 1. The van der Waals surface area contributed by atoms with Crippen LogP contribution in [0, 0.1) is 4.77 Å². The normalized spacial score (nSPS) is 15.7. The van der Waals surface area contributed by atoms with Gasteiger partial charge in [-0.2, -0.15) is 5.10 Å². The number of piperazine rings is 1. The molecule has 1 aromatic carbocycles. The molecule has 0 aliphatic carbocycles. The maximum absolute atomic E-state index is 12.7. The number of nitrogens with zero attached hydrogens (tertiary/aromatic N) is 5. The summed E-state index contributed by atoms with van der Waals surface area (Å²) in [5.74, 6) is 0.592. The highest BCUT2D eigenvalue weighted by Crippen LogP contribution is 2.16. The standard InChI is InChI=1S/C20H29N5OS/c1-15(2)17-5-7-18(8-6-17)19(26)23-11-9-22(10-12-23)14-25-20(27)24(13-21-25)16(3)4/h5-8,13,15-16H,9-12,14H2,1-4H3. The summed E-state index contributed by atoms with van der Waals surface area (Å²) >= 11 is 5.50. The average molecular weight is 388 g/mol. The van der Waals surface area contributed by atoms with Crippen molar-refractivity contribution < 1.29 is 4.79 Å². The van der Waals surface area contributed by atoms with Gasteiger partial charge in [0.15, 0.2) is 4.77 Å². The van der Waals surface area contributed by atoms with Gasteiger partial charge in [-0.05, 0) is 49.7 Å². The third kappa shape index (κ3) is 4.47. The molecule has 0 unspecified atom stereocenters. The van der Waals surface area contributed by atoms with Crippen molar-refractivity contribution in [3.63, 3.8) is 0 Å². The minimum Gasteiger partial charge on any atom is -0.336 e. The lowest BCUT2D eigenvalue weighted by Crippen LogP contribution is -2.49. The van der Waals surface area contributed by atoms with E-state index in [4.69, 9.17) is 12.2 Å². The third-order valence-corrected chi connectivity index (χ3v) is 5.55. The number of rotatable bonds is 5. The molecule has 2 heterocycles. The number of carbonyl (C=O) groups is 1. The summed E-state index contributed by atoms with van der Waals surface area (Å²) in [5, 5.41) is 4.41. The van der Waals surface area contributed by atoms with Crippen molar-refractivity contribution in [3.8, 4) is 0 Å². The molecule has 0 atom stereocenters. The van der Waals surface area contributed by atoms with Gasteiger partial charge in [0, 0.05) is 37.8 Å². The van der Waals surface area contributed by atoms with E-state index in [0.717, 1.165) is 36.5 Å². The van der Waals surface area contributed by atoms with Crippen LogP contribution < -0.4 is 0 Å². The molecule has 1 amide bonds. The van der Waals surface area contributed by atoms with Gasteiger partial charge in [-0.15, -0.1) is 0 Å². The second-order valence-electron chi connectivity index (χ2n) is 7.74. The van der Waals surface area contributed by atoms with E-state index in [-0.39, 0.29) is 5.91 Å². The Morgan fingerprint density at radius 1 is 1.07 bits per heavy atom. The van der Waals surface area contributed by atoms with Gasteiger partial charge in [-0.3, -0.25) is 9.69 Å². The first kappa shape index (κ1) is 19.8. The lowest BCUT2D eigenvalue weighted by atomic mass is 10.0. The minimum absolute atomic E-state index is 0.116. The van der Waals surface area contributed by atoms with Gasteiger partial charge in [-0.1, -0.05) is 26.0 Å². The van der Waals surface area contributed by atoms with E-state index >= 15 is 0 Å². The quantitative estimate of drug-likeness (QED) is 0.737. The Kier molecular flexibility index (Phi) is 6.11. The molecular weight excluding hydrogens is 358 g/mol. The number of benzene rings is 1. The smallest absolute Gasteiger partial charge is 0.253 e. The van der Waals surface area contributed by atoms with Crippen LogP contribution >= 0.6 is 12.2 Å². The minimum atomic E-state index is 0.116. The summed E-state index contributed by atoms with van der Waals surface area (Å²) in [6.07, 6.45) is 1.80. The maximum atomic E-state index is 12.7. The zero-order chi connectivity index (χ0) is 19.6. The summed E-state index contributed by atoms with van der Waals surface area (Å²) in [4.78, 5) is 17.0. The highest BCUT2D eigenvalue weighted by Gasteiger charge is 2.22. The summed E-state index contributed by atoms with van der Waals surface area (Å²) in [5.41, 5.74) is 2.03. The number of hydrogen-bond donors (Lipinski definition) is 0. The molecule has 1 fully saturated rings. The molecule has 0 spiro atoms. The van der Waals surface area contributed by atoms with Gasteiger partial charge >= 0.3 is 0 Å². The molecular formula is C20H29N5OS. The molecule has 1 aromatic heterocycles. The highest BCUT2D eigenvalue weighted by atomic mass is 32.1. The SMILES string of the molecule is CC(C)c1ccc(C(=O)N2CCN(Cn3ncn(C(C)C)c3=S)CC2)cc1. The van der Waals surface area contributed by atoms with Crippen LogP contribution in [0.5, 0.6) is 0 Å². The summed E-state index contributed by atoms with van der Waals surface area (Å²) in [7, 11) is 0. The van der Waals surface area contributed by atoms with Crippen LogP contribution in [0.25, 0.3) is 0 Å². The Morgan fingerprint density at radius 3 is 2.22 bits per heavy atom. The molecule has 0 radical (unpaired) electrons. The fraction of sp³-hybridized carbons (Fsp3) is 0.550. The molecule has 0 saturated carbocycles. The van der Waals surface area contributed by atoms with Crippen LogP contribution in [-0.4, -0.2) is 56.2 Å². The van der Waals surface area contributed by atoms with Gasteiger partial charge in [0.1, 0.15) is 6.33 Å². The van der Waals surface area contributed by atoms with Crippen molar-refractivity contribution in [2.24, 2.45) is 0 Å². The van der Waals surface area contributed by atoms with E-state index in [1.807, 2.05) is 26.3 Å². The van der Waals surface area contributed by atoms with E-state index in [1.165, 1.54) is 5.56 Å². The molecule has 1 aliphatic rings. The molecule has 146 valence electrons. The average Bonchev–Trinajstić information content (AvgIpc) is 3.02. The third-order valence-electron chi connectivity index (χ3n) is 5.13. The van der Waals surface area contributed by atoms with Crippen molar-refractivity contribution >= 4 is 18.1 Å². The van der Waals surface area contributed by atoms with Crippen LogP contribution in [0.4, 0.5) is 0 Å². The zero-order valence-corrected chi connectivity index (χ0v) is 17.4. The van der Waals surface area contributed by atoms with Gasteiger partial charge in [0.25, 0.3) is 5.91 Å². The van der Waals surface area contributed by atoms with Gasteiger partial charge in [-0.25, -0.2) is 4.68 Å². The van der Waals surface area contributed by atoms with E-state index in [0.29, 0.717) is 18.6 Å². The van der Waals surface area contributed by atoms with Crippen LogP contribution in [0.2, 0.25) is 0 Å². The Hall–Kier alpha value is -1.99. The first-order valence-electron chi connectivity index (χ1n) is 9.62. The molecule has 3 rings (SSSR count). The van der Waals surface area contributed by atoms with Crippen molar-refractivity contribution in [2.75, 3.05) is 26.2 Å². The molecule has 6 nitrogen and oxygen atoms in total. The van der Waals surface area contributed by atoms with E-state index in [9.17, 15) is 4.79 Å². The van der Waals surface area contributed by atoms with Crippen LogP contribution in [0.1, 0.15) is 55.6 Å². The lowest BCUT2D eigenvalue weighted by molar-refractivity contribution is 0.0585. The second kappa shape index (κ2) is 8.35. The predicted octanol–water partition coefficient (Wildman–Crippen LogP) is 3.53. The monoisotopic (exact) mass is 387 g/mol. The fourth-order valence-corrected chi connectivity index (χ4v) is 3.64. The van der Waals surface area contributed by atoms with E-state index < -0.39 is 0 Å². The first-order valence-corrected chi connectivity index (χ1v) is 10.0. The molecule has 1 aliphatic heterocycles. The molecule has 27 heavy (non-hydrogen) atoms. The van der Waals surface area contributed by atoms with Crippen molar-refractivity contribution in [1.82, 2.24) is 24.1 Å². The topological polar surface area (TPSA) is 46.3 Å². The first-order chi connectivity index (χ1) is 12.9. The summed E-state index contributed by atoms with van der Waals surface area (Å²) in [6, 6.07) is 8.31. The zero-order valence-electron chi connectivity index (χ0n) is 16.6. The van der Waals surface area contributed by atoms with Crippen molar-refractivity contribution in [2.45, 2.75) is 46.3 Å². The highest BCUT2D eigenvalue weighted by molar-refractivity contribution is 7.71. The Balaban J connectivity index is 1.57. The van der Waals surface area contributed by atoms with Crippen LogP contribution in [0.3, 0.4) is 0 Å². The molecule has 1 saturated heterocycles. The maximum Gasteiger partial charge on any atom is 0.253 e. The fourth-order valence-electron chi connectivity index (χ4n) is 3.28. The van der Waals surface area contributed by atoms with Crippen molar-refractivity contribution in [1.29, 1.82) is 0 Å². The van der Waals surface area contributed by atoms with Gasteiger partial charge < -0.3 is 9.47 Å². The number of carbonyl (C=O) groups excluding carboxylic acids is 1. The molecule has 7 heteroatoms. The van der Waals surface area contributed by atoms with E-state index in [1.54, 1.807) is 6.33 Å². The molecule has 0 N–H and O–H groups in total. The summed E-state index contributed by atoms with van der Waals surface area (Å²) < 4.78 is 4.60. The van der Waals surface area contributed by atoms with E-state index in [2.05, 4.69) is 49.8 Å². The number of hydrogen-bond acceptors (Lipinski definition) is 4. The Labute approximate surface area is 166 Å². The van der Waals surface area contributed by atoms with Crippen molar-refractivity contribution in [3.05, 3.63) is 46.5 Å². The number of aromatic nitrogens is 3. The second-order valence-corrected chi connectivity index (χ2v) is 8.11.